The first-order chi connectivity index (χ1) is 16.4. The second kappa shape index (κ2) is 11.1. The fourth-order valence-corrected chi connectivity index (χ4v) is 4.98. The molecule has 0 spiro atoms. The number of ether oxygens (including phenoxy) is 2. The van der Waals surface area contributed by atoms with Crippen LogP contribution in [0.25, 0.3) is 6.08 Å². The van der Waals surface area contributed by atoms with Gasteiger partial charge < -0.3 is 14.8 Å². The molecule has 0 aromatic heterocycles. The minimum atomic E-state index is -0.164. The molecule has 4 rings (SSSR count). The third-order valence-electron chi connectivity index (χ3n) is 5.28. The quantitative estimate of drug-likeness (QED) is 0.250. The van der Waals surface area contributed by atoms with Crippen molar-refractivity contribution < 1.29 is 14.3 Å². The Bertz CT molecular complexity index is 1250. The van der Waals surface area contributed by atoms with Gasteiger partial charge in [0.2, 0.25) is 0 Å². The number of carbonyl (C=O) groups excluding carboxylic acids is 1. The molecule has 0 bridgehead atoms. The normalized spacial score (nSPS) is 15.6. The number of halogens is 1. The Balaban J connectivity index is 1.51. The maximum atomic E-state index is 12.5. The minimum absolute atomic E-state index is 0.164. The lowest BCUT2D eigenvalue weighted by molar-refractivity contribution is -0.115. The summed E-state index contributed by atoms with van der Waals surface area (Å²) < 4.78 is 12.6. The van der Waals surface area contributed by atoms with Gasteiger partial charge in [-0.2, -0.15) is 0 Å². The van der Waals surface area contributed by atoms with Gasteiger partial charge in [0.1, 0.15) is 6.61 Å². The van der Waals surface area contributed by atoms with Crippen LogP contribution < -0.4 is 14.8 Å². The highest BCUT2D eigenvalue weighted by molar-refractivity contribution is 14.1. The number of hydrogen-bond donors (Lipinski definition) is 1. The van der Waals surface area contributed by atoms with E-state index in [0.29, 0.717) is 28.2 Å². The van der Waals surface area contributed by atoms with Crippen LogP contribution in [0, 0.1) is 10.5 Å². The van der Waals surface area contributed by atoms with Gasteiger partial charge in [-0.25, -0.2) is 4.99 Å². The largest absolute Gasteiger partial charge is 0.493 e. The predicted molar refractivity (Wildman–Crippen MR) is 148 cm³/mol. The molecular weight excluding hydrogens is 559 g/mol. The molecule has 1 heterocycles. The van der Waals surface area contributed by atoms with Crippen LogP contribution in [0.3, 0.4) is 0 Å². The molecule has 7 heteroatoms. The average Bonchev–Trinajstić information content (AvgIpc) is 3.17. The molecular formula is C27H25IN2O3S. The topological polar surface area (TPSA) is 59.9 Å². The molecule has 1 N–H and O–H groups in total. The molecule has 1 saturated heterocycles. The Kier molecular flexibility index (Phi) is 7.95. The molecule has 0 aliphatic carbocycles. The summed E-state index contributed by atoms with van der Waals surface area (Å²) in [7, 11) is 1.62. The monoisotopic (exact) mass is 584 g/mol. The van der Waals surface area contributed by atoms with Gasteiger partial charge in [-0.3, -0.25) is 4.79 Å². The maximum Gasteiger partial charge on any atom is 0.264 e. The summed E-state index contributed by atoms with van der Waals surface area (Å²) in [4.78, 5) is 17.7. The van der Waals surface area contributed by atoms with Gasteiger partial charge in [-0.05, 0) is 94.7 Å². The van der Waals surface area contributed by atoms with Crippen LogP contribution in [0.1, 0.15) is 29.2 Å². The summed E-state index contributed by atoms with van der Waals surface area (Å²) in [5, 5.41) is 3.42. The van der Waals surface area contributed by atoms with Crippen molar-refractivity contribution in [1.82, 2.24) is 5.32 Å². The van der Waals surface area contributed by atoms with Crippen LogP contribution >= 0.6 is 34.4 Å². The number of thioether (sulfide) groups is 1. The molecule has 0 radical (unpaired) electrons. The number of amidine groups is 1. The molecule has 1 aliphatic rings. The number of amides is 1. The summed E-state index contributed by atoms with van der Waals surface area (Å²) in [6.07, 6.45) is 2.82. The van der Waals surface area contributed by atoms with E-state index in [1.807, 2.05) is 42.5 Å². The Morgan fingerprint density at radius 2 is 1.76 bits per heavy atom. The first-order valence-electron chi connectivity index (χ1n) is 10.9. The van der Waals surface area contributed by atoms with Crippen LogP contribution in [-0.4, -0.2) is 18.2 Å². The summed E-state index contributed by atoms with van der Waals surface area (Å²) in [6, 6.07) is 20.1. The Labute approximate surface area is 217 Å². The average molecular weight is 584 g/mol. The summed E-state index contributed by atoms with van der Waals surface area (Å²) in [5.74, 6) is 1.15. The number of benzene rings is 3. The number of hydrogen-bond acceptors (Lipinski definition) is 5. The van der Waals surface area contributed by atoms with E-state index in [1.165, 1.54) is 22.9 Å². The van der Waals surface area contributed by atoms with Crippen molar-refractivity contribution in [2.75, 3.05) is 7.11 Å². The van der Waals surface area contributed by atoms with Gasteiger partial charge >= 0.3 is 0 Å². The van der Waals surface area contributed by atoms with E-state index in [2.05, 4.69) is 71.0 Å². The zero-order valence-corrected chi connectivity index (χ0v) is 22.2. The SMILES string of the molecule is CCc1ccc(N=C2NC(=O)/C(=C/c3cc(I)c(OCc4ccc(C)cc4)c(OC)c3)S2)cc1. The number of methoxy groups -OCH3 is 1. The highest BCUT2D eigenvalue weighted by Crippen LogP contribution is 2.36. The minimum Gasteiger partial charge on any atom is -0.493 e. The van der Waals surface area contributed by atoms with Crippen molar-refractivity contribution in [3.05, 3.63) is 91.4 Å². The van der Waals surface area contributed by atoms with Crippen molar-refractivity contribution in [1.29, 1.82) is 0 Å². The maximum absolute atomic E-state index is 12.5. The van der Waals surface area contributed by atoms with Gasteiger partial charge in [0.15, 0.2) is 16.7 Å². The fraction of sp³-hybridized carbons (Fsp3) is 0.185. The second-order valence-corrected chi connectivity index (χ2v) is 10.0. The first kappa shape index (κ1) is 24.3. The molecule has 1 aliphatic heterocycles. The van der Waals surface area contributed by atoms with Gasteiger partial charge in [0, 0.05) is 0 Å². The summed E-state index contributed by atoms with van der Waals surface area (Å²) in [6.45, 7) is 4.62. The Morgan fingerprint density at radius 1 is 1.06 bits per heavy atom. The Hall–Kier alpha value is -2.78. The lowest BCUT2D eigenvalue weighted by Crippen LogP contribution is -2.19. The number of carbonyl (C=O) groups is 1. The Morgan fingerprint density at radius 3 is 2.44 bits per heavy atom. The predicted octanol–water partition coefficient (Wildman–Crippen LogP) is 6.64. The van der Waals surface area contributed by atoms with Crippen molar-refractivity contribution in [3.8, 4) is 11.5 Å². The van der Waals surface area contributed by atoms with Crippen molar-refractivity contribution in [2.45, 2.75) is 26.9 Å². The highest BCUT2D eigenvalue weighted by Gasteiger charge is 2.24. The van der Waals surface area contributed by atoms with E-state index in [-0.39, 0.29) is 5.91 Å². The number of nitrogens with zero attached hydrogens (tertiary/aromatic N) is 1. The van der Waals surface area contributed by atoms with Crippen LogP contribution in [0.15, 0.2) is 70.6 Å². The molecule has 1 amide bonds. The van der Waals surface area contributed by atoms with Crippen LogP contribution in [-0.2, 0) is 17.8 Å². The van der Waals surface area contributed by atoms with Gasteiger partial charge in [-0.15, -0.1) is 0 Å². The smallest absolute Gasteiger partial charge is 0.264 e. The second-order valence-electron chi connectivity index (χ2n) is 7.81. The highest BCUT2D eigenvalue weighted by atomic mass is 127. The van der Waals surface area contributed by atoms with Crippen LogP contribution in [0.2, 0.25) is 0 Å². The van der Waals surface area contributed by atoms with Gasteiger partial charge in [0.25, 0.3) is 5.91 Å². The number of aliphatic imine (C=N–C) groups is 1. The third kappa shape index (κ3) is 6.01. The molecule has 1 fully saturated rings. The summed E-state index contributed by atoms with van der Waals surface area (Å²) in [5.41, 5.74) is 5.22. The van der Waals surface area contributed by atoms with Crippen molar-refractivity contribution in [3.63, 3.8) is 0 Å². The van der Waals surface area contributed by atoms with E-state index in [9.17, 15) is 4.79 Å². The van der Waals surface area contributed by atoms with Gasteiger partial charge in [0.05, 0.1) is 21.3 Å². The van der Waals surface area contributed by atoms with E-state index < -0.39 is 0 Å². The number of nitrogens with one attached hydrogen (secondary N) is 1. The van der Waals surface area contributed by atoms with Crippen LogP contribution in [0.4, 0.5) is 5.69 Å². The number of aryl methyl sites for hydroxylation is 2. The zero-order valence-electron chi connectivity index (χ0n) is 19.2. The van der Waals surface area contributed by atoms with Crippen LogP contribution in [0.5, 0.6) is 11.5 Å². The third-order valence-corrected chi connectivity index (χ3v) is 6.99. The standard InChI is InChI=1S/C27H25IN2O3S/c1-4-18-9-11-21(12-10-18)29-27-30-26(31)24(34-27)15-20-13-22(28)25(23(14-20)32-3)33-16-19-7-5-17(2)6-8-19/h5-15H,4,16H2,1-3H3,(H,29,30,31)/b24-15-. The molecule has 5 nitrogen and oxygen atoms in total. The molecule has 3 aromatic carbocycles. The lowest BCUT2D eigenvalue weighted by atomic mass is 10.1. The van der Waals surface area contributed by atoms with Crippen molar-refractivity contribution in [2.24, 2.45) is 4.99 Å². The van der Waals surface area contributed by atoms with Gasteiger partial charge in [-0.1, -0.05) is 48.9 Å². The van der Waals surface area contributed by atoms with Crippen molar-refractivity contribution >= 4 is 57.2 Å². The fourth-order valence-electron chi connectivity index (χ4n) is 3.36. The lowest BCUT2D eigenvalue weighted by Gasteiger charge is -2.14. The molecule has 0 atom stereocenters. The molecule has 0 saturated carbocycles. The van der Waals surface area contributed by atoms with E-state index in [0.717, 1.165) is 26.8 Å². The van der Waals surface area contributed by atoms with E-state index in [1.54, 1.807) is 7.11 Å². The summed E-state index contributed by atoms with van der Waals surface area (Å²) >= 11 is 3.56. The molecule has 34 heavy (non-hydrogen) atoms. The number of rotatable bonds is 7. The molecule has 174 valence electrons. The van der Waals surface area contributed by atoms with E-state index >= 15 is 0 Å². The zero-order chi connectivity index (χ0) is 24.1. The molecule has 3 aromatic rings. The first-order valence-corrected chi connectivity index (χ1v) is 12.8. The molecule has 0 unspecified atom stereocenters. The van der Waals surface area contributed by atoms with E-state index in [4.69, 9.17) is 9.47 Å².